The van der Waals surface area contributed by atoms with E-state index >= 15 is 0 Å². The largest absolute Gasteiger partial charge is 0.310 e. The minimum Gasteiger partial charge on any atom is -0.310 e. The molecule has 20 heavy (non-hydrogen) atoms. The molecule has 1 atom stereocenters. The monoisotopic (exact) mass is 360 g/mol. The van der Waals surface area contributed by atoms with Crippen molar-refractivity contribution in [2.75, 3.05) is 19.6 Å². The second-order valence-electron chi connectivity index (χ2n) is 5.19. The van der Waals surface area contributed by atoms with Crippen LogP contribution in [-0.2, 0) is 6.54 Å². The number of nitrogens with one attached hydrogen (secondary N) is 1. The van der Waals surface area contributed by atoms with Crippen molar-refractivity contribution in [2.45, 2.75) is 46.2 Å². The van der Waals surface area contributed by atoms with Gasteiger partial charge in [0.2, 0.25) is 0 Å². The average molecular weight is 362 g/mol. The lowest BCUT2D eigenvalue weighted by atomic mass is 10.1. The highest BCUT2D eigenvalue weighted by Gasteiger charge is 2.06. The van der Waals surface area contributed by atoms with E-state index in [4.69, 9.17) is 11.6 Å². The van der Waals surface area contributed by atoms with Gasteiger partial charge in [0.15, 0.2) is 0 Å². The van der Waals surface area contributed by atoms with E-state index in [1.54, 1.807) is 0 Å². The Kier molecular flexibility index (Phi) is 8.78. The molecule has 1 rings (SSSR count). The van der Waals surface area contributed by atoms with Crippen molar-refractivity contribution >= 4 is 27.5 Å². The molecule has 0 aliphatic heterocycles. The fourth-order valence-corrected chi connectivity index (χ4v) is 2.82. The Bertz CT molecular complexity index is 394. The first-order chi connectivity index (χ1) is 9.56. The number of nitrogens with zero attached hydrogens (tertiary/aromatic N) is 1. The molecule has 1 aromatic carbocycles. The Balaban J connectivity index is 2.29. The molecule has 0 aliphatic carbocycles. The molecule has 0 amide bonds. The van der Waals surface area contributed by atoms with Crippen molar-refractivity contribution in [1.82, 2.24) is 10.2 Å². The van der Waals surface area contributed by atoms with E-state index in [1.165, 1.54) is 19.4 Å². The van der Waals surface area contributed by atoms with Gasteiger partial charge < -0.3 is 10.2 Å². The van der Waals surface area contributed by atoms with Crippen LogP contribution in [-0.4, -0.2) is 30.6 Å². The van der Waals surface area contributed by atoms with Crippen LogP contribution >= 0.6 is 27.5 Å². The van der Waals surface area contributed by atoms with Gasteiger partial charge in [-0.15, -0.1) is 0 Å². The summed E-state index contributed by atoms with van der Waals surface area (Å²) in [6.07, 6.45) is 2.43. The highest BCUT2D eigenvalue weighted by Crippen LogP contribution is 2.21. The maximum atomic E-state index is 6.20. The number of benzene rings is 1. The number of rotatable bonds is 9. The van der Waals surface area contributed by atoms with Crippen LogP contribution in [0.2, 0.25) is 5.02 Å². The number of hydrogen-bond donors (Lipinski definition) is 1. The lowest BCUT2D eigenvalue weighted by Crippen LogP contribution is -2.28. The second kappa shape index (κ2) is 9.78. The summed E-state index contributed by atoms with van der Waals surface area (Å²) in [6, 6.07) is 6.51. The van der Waals surface area contributed by atoms with Crippen LogP contribution in [0.3, 0.4) is 0 Å². The SMILES string of the molecule is CCN(CC)CCCC(C)NCc1cc(Br)ccc1Cl. The van der Waals surface area contributed by atoms with Gasteiger partial charge in [-0.1, -0.05) is 41.4 Å². The topological polar surface area (TPSA) is 15.3 Å². The Morgan fingerprint density at radius 1 is 1.30 bits per heavy atom. The van der Waals surface area contributed by atoms with Gasteiger partial charge in [0.1, 0.15) is 0 Å². The molecule has 0 bridgehead atoms. The summed E-state index contributed by atoms with van der Waals surface area (Å²) in [6.45, 7) is 11.0. The zero-order valence-corrected chi connectivity index (χ0v) is 15.1. The zero-order chi connectivity index (χ0) is 15.0. The van der Waals surface area contributed by atoms with E-state index in [1.807, 2.05) is 12.1 Å². The Morgan fingerprint density at radius 2 is 2.00 bits per heavy atom. The van der Waals surface area contributed by atoms with Gasteiger partial charge in [0.05, 0.1) is 0 Å². The molecule has 0 saturated heterocycles. The van der Waals surface area contributed by atoms with Gasteiger partial charge in [0.25, 0.3) is 0 Å². The number of halogens is 2. The van der Waals surface area contributed by atoms with E-state index in [2.05, 4.69) is 53.0 Å². The zero-order valence-electron chi connectivity index (χ0n) is 12.8. The van der Waals surface area contributed by atoms with Gasteiger partial charge >= 0.3 is 0 Å². The summed E-state index contributed by atoms with van der Waals surface area (Å²) in [5.74, 6) is 0. The minimum absolute atomic E-state index is 0.514. The van der Waals surface area contributed by atoms with Gasteiger partial charge in [-0.25, -0.2) is 0 Å². The Hall–Kier alpha value is -0.0900. The van der Waals surface area contributed by atoms with Crippen LogP contribution in [0.4, 0.5) is 0 Å². The molecule has 1 N–H and O–H groups in total. The Morgan fingerprint density at radius 3 is 2.65 bits per heavy atom. The molecule has 2 nitrogen and oxygen atoms in total. The first kappa shape index (κ1) is 18.0. The molecule has 0 spiro atoms. The molecular weight excluding hydrogens is 336 g/mol. The summed E-state index contributed by atoms with van der Waals surface area (Å²) >= 11 is 9.68. The quantitative estimate of drug-likeness (QED) is 0.685. The molecule has 0 heterocycles. The van der Waals surface area contributed by atoms with Crippen molar-refractivity contribution in [3.63, 3.8) is 0 Å². The van der Waals surface area contributed by atoms with Gasteiger partial charge in [0, 0.05) is 22.1 Å². The highest BCUT2D eigenvalue weighted by atomic mass is 79.9. The molecule has 0 fully saturated rings. The molecule has 1 unspecified atom stereocenters. The summed E-state index contributed by atoms with van der Waals surface area (Å²) in [5, 5.41) is 4.38. The molecule has 0 aliphatic rings. The van der Waals surface area contributed by atoms with E-state index in [0.29, 0.717) is 6.04 Å². The third kappa shape index (κ3) is 6.57. The predicted octanol–water partition coefficient (Wildman–Crippen LogP) is 4.70. The molecule has 0 aromatic heterocycles. The third-order valence-electron chi connectivity index (χ3n) is 3.65. The van der Waals surface area contributed by atoms with Gasteiger partial charge in [-0.05, 0) is 63.2 Å². The Labute approximate surface area is 137 Å². The van der Waals surface area contributed by atoms with Crippen molar-refractivity contribution in [3.8, 4) is 0 Å². The van der Waals surface area contributed by atoms with Gasteiger partial charge in [-0.2, -0.15) is 0 Å². The number of hydrogen-bond acceptors (Lipinski definition) is 2. The van der Waals surface area contributed by atoms with Crippen molar-refractivity contribution in [1.29, 1.82) is 0 Å². The van der Waals surface area contributed by atoms with Crippen LogP contribution < -0.4 is 5.32 Å². The molecule has 0 saturated carbocycles. The van der Waals surface area contributed by atoms with E-state index in [9.17, 15) is 0 Å². The summed E-state index contributed by atoms with van der Waals surface area (Å²) in [5.41, 5.74) is 1.15. The van der Waals surface area contributed by atoms with E-state index < -0.39 is 0 Å². The molecule has 114 valence electrons. The van der Waals surface area contributed by atoms with Crippen LogP contribution in [0.25, 0.3) is 0 Å². The smallest absolute Gasteiger partial charge is 0.0451 e. The molecular formula is C16H26BrClN2. The molecule has 1 aromatic rings. The first-order valence-corrected chi connectivity index (χ1v) is 8.63. The van der Waals surface area contributed by atoms with Crippen LogP contribution in [0.5, 0.6) is 0 Å². The summed E-state index contributed by atoms with van der Waals surface area (Å²) in [4.78, 5) is 2.47. The van der Waals surface area contributed by atoms with Crippen LogP contribution in [0, 0.1) is 0 Å². The third-order valence-corrected chi connectivity index (χ3v) is 4.52. The standard InChI is InChI=1S/C16H26BrClN2/c1-4-20(5-2)10-6-7-13(3)19-12-14-11-15(17)8-9-16(14)18/h8-9,11,13,19H,4-7,10,12H2,1-3H3. The van der Waals surface area contributed by atoms with Crippen molar-refractivity contribution < 1.29 is 0 Å². The summed E-state index contributed by atoms with van der Waals surface area (Å²) < 4.78 is 1.08. The van der Waals surface area contributed by atoms with Gasteiger partial charge in [-0.3, -0.25) is 0 Å². The maximum absolute atomic E-state index is 6.20. The lowest BCUT2D eigenvalue weighted by molar-refractivity contribution is 0.290. The normalized spacial score (nSPS) is 12.9. The highest BCUT2D eigenvalue weighted by molar-refractivity contribution is 9.10. The molecule has 0 radical (unpaired) electrons. The lowest BCUT2D eigenvalue weighted by Gasteiger charge is -2.20. The fraction of sp³-hybridized carbons (Fsp3) is 0.625. The van der Waals surface area contributed by atoms with Crippen molar-refractivity contribution in [2.24, 2.45) is 0 Å². The van der Waals surface area contributed by atoms with Crippen LogP contribution in [0.15, 0.2) is 22.7 Å². The second-order valence-corrected chi connectivity index (χ2v) is 6.51. The van der Waals surface area contributed by atoms with E-state index in [0.717, 1.165) is 34.7 Å². The van der Waals surface area contributed by atoms with Crippen LogP contribution in [0.1, 0.15) is 39.2 Å². The van der Waals surface area contributed by atoms with Crippen molar-refractivity contribution in [3.05, 3.63) is 33.3 Å². The predicted molar refractivity (Wildman–Crippen MR) is 92.5 cm³/mol. The van der Waals surface area contributed by atoms with E-state index in [-0.39, 0.29) is 0 Å². The maximum Gasteiger partial charge on any atom is 0.0451 e. The minimum atomic E-state index is 0.514. The summed E-state index contributed by atoms with van der Waals surface area (Å²) in [7, 11) is 0. The fourth-order valence-electron chi connectivity index (χ4n) is 2.23. The first-order valence-electron chi connectivity index (χ1n) is 7.46. The molecule has 4 heteroatoms. The average Bonchev–Trinajstić information content (AvgIpc) is 2.44.